The van der Waals surface area contributed by atoms with Gasteiger partial charge in [-0.25, -0.2) is 0 Å². The van der Waals surface area contributed by atoms with E-state index in [1.165, 1.54) is 26.4 Å². The summed E-state index contributed by atoms with van der Waals surface area (Å²) in [6, 6.07) is 11.5. The number of benzene rings is 1. The lowest BCUT2D eigenvalue weighted by Gasteiger charge is -2.22. The molecule has 0 aliphatic heterocycles. The van der Waals surface area contributed by atoms with Crippen molar-refractivity contribution in [1.29, 1.82) is 0 Å². The van der Waals surface area contributed by atoms with Gasteiger partial charge in [-0.3, -0.25) is 0 Å². The number of rotatable bonds is 4. The van der Waals surface area contributed by atoms with Crippen LogP contribution in [0.2, 0.25) is 0 Å². The Labute approximate surface area is 133 Å². The maximum Gasteiger partial charge on any atom is 0.0676 e. The Morgan fingerprint density at radius 3 is 2.14 bits per heavy atom. The second-order valence-electron chi connectivity index (χ2n) is 6.75. The van der Waals surface area contributed by atoms with Crippen LogP contribution in [-0.4, -0.2) is 6.54 Å². The van der Waals surface area contributed by atoms with Crippen LogP contribution >= 0.6 is 11.3 Å². The number of thiophene rings is 1. The quantitative estimate of drug-likeness (QED) is 0.801. The minimum atomic E-state index is 0.223. The molecule has 2 heteroatoms. The molecule has 1 heterocycles. The standard InChI is InChI=1S/C19H27NS/c1-7-20-18(17-13(2)9-8-10-14(17)3)15-11-12-16(21-15)19(4,5)6/h8-12,18,20H,7H2,1-6H3. The van der Waals surface area contributed by atoms with Crippen molar-refractivity contribution in [3.05, 3.63) is 56.8 Å². The highest BCUT2D eigenvalue weighted by Crippen LogP contribution is 2.36. The second-order valence-corrected chi connectivity index (χ2v) is 7.86. The van der Waals surface area contributed by atoms with Crippen molar-refractivity contribution in [2.45, 2.75) is 53.0 Å². The molecule has 1 atom stereocenters. The van der Waals surface area contributed by atoms with Crippen molar-refractivity contribution in [2.75, 3.05) is 6.54 Å². The van der Waals surface area contributed by atoms with Crippen molar-refractivity contribution in [2.24, 2.45) is 0 Å². The third-order valence-electron chi connectivity index (χ3n) is 3.89. The van der Waals surface area contributed by atoms with Crippen LogP contribution in [0.4, 0.5) is 0 Å². The lowest BCUT2D eigenvalue weighted by molar-refractivity contribution is 0.604. The number of aryl methyl sites for hydroxylation is 2. The van der Waals surface area contributed by atoms with Gasteiger partial charge in [-0.15, -0.1) is 11.3 Å². The monoisotopic (exact) mass is 301 g/mol. The van der Waals surface area contributed by atoms with Crippen molar-refractivity contribution >= 4 is 11.3 Å². The summed E-state index contributed by atoms with van der Waals surface area (Å²) in [6.45, 7) is 14.4. The van der Waals surface area contributed by atoms with E-state index in [9.17, 15) is 0 Å². The van der Waals surface area contributed by atoms with Crippen LogP contribution in [0.15, 0.2) is 30.3 Å². The van der Waals surface area contributed by atoms with Gasteiger partial charge >= 0.3 is 0 Å². The molecule has 1 aromatic heterocycles. The lowest BCUT2D eigenvalue weighted by Crippen LogP contribution is -2.22. The summed E-state index contributed by atoms with van der Waals surface area (Å²) in [5.41, 5.74) is 4.39. The normalized spacial score (nSPS) is 13.4. The van der Waals surface area contributed by atoms with Crippen LogP contribution < -0.4 is 5.32 Å². The Balaban J connectivity index is 2.47. The van der Waals surface area contributed by atoms with Gasteiger partial charge in [0.15, 0.2) is 0 Å². The molecule has 0 saturated heterocycles. The van der Waals surface area contributed by atoms with Gasteiger partial charge in [0.1, 0.15) is 0 Å². The zero-order valence-corrected chi connectivity index (χ0v) is 14.9. The molecule has 1 N–H and O–H groups in total. The van der Waals surface area contributed by atoms with Gasteiger partial charge in [0, 0.05) is 9.75 Å². The molecule has 1 aromatic carbocycles. The Hall–Kier alpha value is -1.12. The van der Waals surface area contributed by atoms with Crippen molar-refractivity contribution < 1.29 is 0 Å². The van der Waals surface area contributed by atoms with E-state index in [-0.39, 0.29) is 5.41 Å². The van der Waals surface area contributed by atoms with Gasteiger partial charge in [-0.1, -0.05) is 45.9 Å². The molecular weight excluding hydrogens is 274 g/mol. The fraction of sp³-hybridized carbons (Fsp3) is 0.474. The largest absolute Gasteiger partial charge is 0.306 e. The zero-order chi connectivity index (χ0) is 15.6. The third kappa shape index (κ3) is 3.56. The first-order chi connectivity index (χ1) is 9.84. The van der Waals surface area contributed by atoms with Crippen LogP contribution in [0.3, 0.4) is 0 Å². The smallest absolute Gasteiger partial charge is 0.0676 e. The molecule has 1 unspecified atom stereocenters. The maximum absolute atomic E-state index is 3.67. The lowest BCUT2D eigenvalue weighted by atomic mass is 9.94. The zero-order valence-electron chi connectivity index (χ0n) is 14.1. The van der Waals surface area contributed by atoms with Crippen LogP contribution in [0, 0.1) is 13.8 Å². The Morgan fingerprint density at radius 1 is 1.05 bits per heavy atom. The first kappa shape index (κ1) is 16.3. The molecule has 0 spiro atoms. The molecule has 1 nitrogen and oxygen atoms in total. The molecular formula is C19H27NS. The van der Waals surface area contributed by atoms with E-state index >= 15 is 0 Å². The summed E-state index contributed by atoms with van der Waals surface area (Å²) >= 11 is 1.94. The van der Waals surface area contributed by atoms with Gasteiger partial charge < -0.3 is 5.32 Å². The Kier molecular flexibility index (Phi) is 4.90. The SMILES string of the molecule is CCNC(c1ccc(C(C)(C)C)s1)c1c(C)cccc1C. The molecule has 0 aliphatic carbocycles. The molecule has 0 radical (unpaired) electrons. The summed E-state index contributed by atoms with van der Waals surface area (Å²) in [6.07, 6.45) is 0. The predicted octanol–water partition coefficient (Wildman–Crippen LogP) is 5.36. The molecule has 2 rings (SSSR count). The Morgan fingerprint density at radius 2 is 1.67 bits per heavy atom. The van der Waals surface area contributed by atoms with Crippen molar-refractivity contribution in [1.82, 2.24) is 5.32 Å². The third-order valence-corrected chi connectivity index (χ3v) is 5.47. The average molecular weight is 301 g/mol. The van der Waals surface area contributed by atoms with Crippen LogP contribution in [0.5, 0.6) is 0 Å². The van der Waals surface area contributed by atoms with E-state index in [0.29, 0.717) is 6.04 Å². The van der Waals surface area contributed by atoms with Gasteiger partial charge in [0.2, 0.25) is 0 Å². The second kappa shape index (κ2) is 6.33. The highest BCUT2D eigenvalue weighted by atomic mass is 32.1. The van der Waals surface area contributed by atoms with Gasteiger partial charge in [-0.2, -0.15) is 0 Å². The average Bonchev–Trinajstić information content (AvgIpc) is 2.86. The number of nitrogens with one attached hydrogen (secondary N) is 1. The van der Waals surface area contributed by atoms with E-state index in [0.717, 1.165) is 6.54 Å². The summed E-state index contributed by atoms with van der Waals surface area (Å²) < 4.78 is 0. The number of hydrogen-bond donors (Lipinski definition) is 1. The minimum Gasteiger partial charge on any atom is -0.306 e. The highest BCUT2D eigenvalue weighted by molar-refractivity contribution is 7.12. The molecule has 0 saturated carbocycles. The van der Waals surface area contributed by atoms with Crippen molar-refractivity contribution in [3.8, 4) is 0 Å². The van der Waals surface area contributed by atoms with Gasteiger partial charge in [-0.05, 0) is 54.6 Å². The Bertz CT molecular complexity index is 584. The highest BCUT2D eigenvalue weighted by Gasteiger charge is 2.22. The van der Waals surface area contributed by atoms with Crippen LogP contribution in [0.25, 0.3) is 0 Å². The molecule has 0 amide bonds. The summed E-state index contributed by atoms with van der Waals surface area (Å²) in [4.78, 5) is 2.87. The van der Waals surface area contributed by atoms with E-state index in [2.05, 4.69) is 77.2 Å². The van der Waals surface area contributed by atoms with Crippen LogP contribution in [-0.2, 0) is 5.41 Å². The number of hydrogen-bond acceptors (Lipinski definition) is 2. The topological polar surface area (TPSA) is 12.0 Å². The van der Waals surface area contributed by atoms with Gasteiger partial charge in [0.05, 0.1) is 6.04 Å². The molecule has 0 fully saturated rings. The molecule has 114 valence electrons. The van der Waals surface area contributed by atoms with E-state index in [1.54, 1.807) is 0 Å². The summed E-state index contributed by atoms with van der Waals surface area (Å²) in [5, 5.41) is 3.67. The predicted molar refractivity (Wildman–Crippen MR) is 94.5 cm³/mol. The first-order valence-corrected chi connectivity index (χ1v) is 8.56. The van der Waals surface area contributed by atoms with Gasteiger partial charge in [0.25, 0.3) is 0 Å². The minimum absolute atomic E-state index is 0.223. The fourth-order valence-electron chi connectivity index (χ4n) is 2.74. The van der Waals surface area contributed by atoms with E-state index in [4.69, 9.17) is 0 Å². The first-order valence-electron chi connectivity index (χ1n) is 7.74. The fourth-order valence-corrected chi connectivity index (χ4v) is 3.89. The molecule has 21 heavy (non-hydrogen) atoms. The van der Waals surface area contributed by atoms with Crippen LogP contribution in [0.1, 0.15) is 60.2 Å². The molecule has 0 bridgehead atoms. The van der Waals surface area contributed by atoms with E-state index < -0.39 is 0 Å². The van der Waals surface area contributed by atoms with E-state index in [1.807, 2.05) is 11.3 Å². The van der Waals surface area contributed by atoms with Crippen molar-refractivity contribution in [3.63, 3.8) is 0 Å². The maximum atomic E-state index is 3.67. The summed E-state index contributed by atoms with van der Waals surface area (Å²) in [5.74, 6) is 0. The summed E-state index contributed by atoms with van der Waals surface area (Å²) in [7, 11) is 0. The molecule has 0 aliphatic rings. The molecule has 2 aromatic rings.